The molecule has 0 aliphatic rings. The molecule has 3 aromatic rings. The second-order valence-electron chi connectivity index (χ2n) is 7.29. The van der Waals surface area contributed by atoms with Crippen LogP contribution in [0.4, 0.5) is 0 Å². The fourth-order valence-corrected chi connectivity index (χ4v) is 3.97. The molecule has 0 aliphatic heterocycles. The van der Waals surface area contributed by atoms with Gasteiger partial charge in [-0.25, -0.2) is 8.42 Å². The van der Waals surface area contributed by atoms with Crippen molar-refractivity contribution >= 4 is 21.4 Å². The van der Waals surface area contributed by atoms with Gasteiger partial charge in [0.05, 0.1) is 23.4 Å². The van der Waals surface area contributed by atoms with Crippen LogP contribution in [0.15, 0.2) is 64.4 Å². The smallest absolute Gasteiger partial charge is 0.314 e. The second-order valence-corrected chi connectivity index (χ2v) is 9.74. The lowest BCUT2D eigenvalue weighted by Gasteiger charge is -2.14. The zero-order valence-corrected chi connectivity index (χ0v) is 19.1. The van der Waals surface area contributed by atoms with Gasteiger partial charge in [0.15, 0.2) is 15.6 Å². The van der Waals surface area contributed by atoms with Crippen LogP contribution in [0.2, 0.25) is 5.02 Å². The summed E-state index contributed by atoms with van der Waals surface area (Å²) in [7, 11) is -3.32. The van der Waals surface area contributed by atoms with E-state index in [0.717, 1.165) is 31.9 Å². The van der Waals surface area contributed by atoms with Crippen LogP contribution in [0, 0.1) is 0 Å². The van der Waals surface area contributed by atoms with Crippen LogP contribution in [-0.2, 0) is 9.84 Å². The van der Waals surface area contributed by atoms with E-state index in [1.165, 1.54) is 16.8 Å². The molecule has 0 spiro atoms. The highest BCUT2D eigenvalue weighted by Gasteiger charge is 2.17. The molecule has 1 aromatic heterocycles. The van der Waals surface area contributed by atoms with Gasteiger partial charge >= 0.3 is 5.56 Å². The molecule has 8 heteroatoms. The van der Waals surface area contributed by atoms with Crippen LogP contribution in [0.1, 0.15) is 32.6 Å². The molecule has 0 atom stereocenters. The van der Waals surface area contributed by atoms with E-state index in [0.29, 0.717) is 28.4 Å². The van der Waals surface area contributed by atoms with E-state index in [1.807, 2.05) is 0 Å². The molecule has 0 aliphatic carbocycles. The van der Waals surface area contributed by atoms with E-state index in [9.17, 15) is 13.2 Å². The van der Waals surface area contributed by atoms with Crippen LogP contribution in [-0.4, -0.2) is 31.1 Å². The molecule has 0 radical (unpaired) electrons. The number of nitrogens with zero attached hydrogens (tertiary/aromatic N) is 2. The average molecular weight is 461 g/mol. The van der Waals surface area contributed by atoms with Gasteiger partial charge in [0, 0.05) is 16.8 Å². The fraction of sp³-hybridized carbons (Fsp3) is 0.304. The molecular formula is C23H25ClN2O4S. The molecule has 31 heavy (non-hydrogen) atoms. The minimum atomic E-state index is -3.32. The van der Waals surface area contributed by atoms with Crippen molar-refractivity contribution in [3.05, 3.63) is 70.1 Å². The lowest BCUT2D eigenvalue weighted by atomic mass is 10.1. The quantitative estimate of drug-likeness (QED) is 0.424. The summed E-state index contributed by atoms with van der Waals surface area (Å²) in [6, 6.07) is 13.2. The fourth-order valence-electron chi connectivity index (χ4n) is 3.16. The van der Waals surface area contributed by atoms with Gasteiger partial charge in [-0.2, -0.15) is 9.78 Å². The Hall–Kier alpha value is -2.64. The topological polar surface area (TPSA) is 78.3 Å². The van der Waals surface area contributed by atoms with Crippen molar-refractivity contribution in [1.82, 2.24) is 9.78 Å². The number of halogens is 1. The third kappa shape index (κ3) is 5.74. The van der Waals surface area contributed by atoms with Crippen molar-refractivity contribution in [3.63, 3.8) is 0 Å². The Bertz CT molecular complexity index is 1200. The number of hydrogen-bond acceptors (Lipinski definition) is 5. The van der Waals surface area contributed by atoms with Crippen molar-refractivity contribution in [2.24, 2.45) is 0 Å². The van der Waals surface area contributed by atoms with Crippen molar-refractivity contribution in [3.8, 4) is 22.6 Å². The van der Waals surface area contributed by atoms with Crippen LogP contribution in [0.25, 0.3) is 16.8 Å². The minimum Gasteiger partial charge on any atom is -0.487 e. The van der Waals surface area contributed by atoms with Gasteiger partial charge in [0.2, 0.25) is 0 Å². The summed E-state index contributed by atoms with van der Waals surface area (Å²) < 4.78 is 30.7. The maximum atomic E-state index is 13.3. The maximum Gasteiger partial charge on any atom is 0.314 e. The Morgan fingerprint density at radius 1 is 1.06 bits per heavy atom. The molecule has 2 aromatic carbocycles. The first-order valence-electron chi connectivity index (χ1n) is 10.1. The third-order valence-electron chi connectivity index (χ3n) is 4.82. The predicted molar refractivity (Wildman–Crippen MR) is 123 cm³/mol. The Labute approximate surface area is 187 Å². The van der Waals surface area contributed by atoms with E-state index in [1.54, 1.807) is 42.6 Å². The third-order valence-corrected chi connectivity index (χ3v) is 6.19. The summed E-state index contributed by atoms with van der Waals surface area (Å²) in [5, 5.41) is 4.80. The van der Waals surface area contributed by atoms with Gasteiger partial charge in [0.25, 0.3) is 0 Å². The molecule has 0 unspecified atom stereocenters. The van der Waals surface area contributed by atoms with E-state index in [-0.39, 0.29) is 10.6 Å². The standard InChI is InChI=1S/C23H25ClN2O4S/c1-3-4-5-6-14-30-22-21(17-10-12-20(13-11-17)31(2,28)29)16-25-26(23(22)27)19-9-7-8-18(24)15-19/h7-13,15-16H,3-6,14H2,1-2H3. The number of sulfone groups is 1. The summed E-state index contributed by atoms with van der Waals surface area (Å²) >= 11 is 6.07. The lowest BCUT2D eigenvalue weighted by Crippen LogP contribution is -2.24. The first-order valence-corrected chi connectivity index (χ1v) is 12.4. The zero-order chi connectivity index (χ0) is 22.4. The highest BCUT2D eigenvalue weighted by molar-refractivity contribution is 7.90. The normalized spacial score (nSPS) is 11.5. The van der Waals surface area contributed by atoms with Crippen LogP contribution in [0.5, 0.6) is 5.75 Å². The van der Waals surface area contributed by atoms with Crippen LogP contribution >= 0.6 is 11.6 Å². The van der Waals surface area contributed by atoms with Crippen molar-refractivity contribution in [1.29, 1.82) is 0 Å². The van der Waals surface area contributed by atoms with E-state index < -0.39 is 15.4 Å². The van der Waals surface area contributed by atoms with Crippen LogP contribution in [0.3, 0.4) is 0 Å². The number of aromatic nitrogens is 2. The van der Waals surface area contributed by atoms with Crippen LogP contribution < -0.4 is 10.3 Å². The molecule has 0 amide bonds. The van der Waals surface area contributed by atoms with Gasteiger partial charge in [-0.1, -0.05) is 56.0 Å². The number of benzene rings is 2. The summed E-state index contributed by atoms with van der Waals surface area (Å²) in [6.07, 6.45) is 6.77. The summed E-state index contributed by atoms with van der Waals surface area (Å²) in [5.74, 6) is 0.179. The largest absolute Gasteiger partial charge is 0.487 e. The summed E-state index contributed by atoms with van der Waals surface area (Å²) in [6.45, 7) is 2.54. The summed E-state index contributed by atoms with van der Waals surface area (Å²) in [5.41, 5.74) is 1.30. The first-order chi connectivity index (χ1) is 14.8. The highest BCUT2D eigenvalue weighted by atomic mass is 35.5. The SMILES string of the molecule is CCCCCCOc1c(-c2ccc(S(C)(=O)=O)cc2)cnn(-c2cccc(Cl)c2)c1=O. The van der Waals surface area contributed by atoms with E-state index in [4.69, 9.17) is 16.3 Å². The molecule has 0 N–H and O–H groups in total. The lowest BCUT2D eigenvalue weighted by molar-refractivity contribution is 0.300. The molecule has 0 saturated carbocycles. The van der Waals surface area contributed by atoms with E-state index >= 15 is 0 Å². The average Bonchev–Trinajstić information content (AvgIpc) is 2.74. The van der Waals surface area contributed by atoms with Crippen molar-refractivity contribution in [2.75, 3.05) is 12.9 Å². The Morgan fingerprint density at radius 2 is 1.81 bits per heavy atom. The van der Waals surface area contributed by atoms with E-state index in [2.05, 4.69) is 12.0 Å². The number of hydrogen-bond donors (Lipinski definition) is 0. The highest BCUT2D eigenvalue weighted by Crippen LogP contribution is 2.28. The molecule has 0 saturated heterocycles. The molecule has 164 valence electrons. The second kappa shape index (κ2) is 10.1. The van der Waals surface area contributed by atoms with Gasteiger partial charge in [-0.05, 0) is 42.3 Å². The monoisotopic (exact) mass is 460 g/mol. The molecule has 1 heterocycles. The minimum absolute atomic E-state index is 0.179. The summed E-state index contributed by atoms with van der Waals surface area (Å²) in [4.78, 5) is 13.5. The zero-order valence-electron chi connectivity index (χ0n) is 17.5. The molecule has 0 bridgehead atoms. The van der Waals surface area contributed by atoms with Gasteiger partial charge in [0.1, 0.15) is 0 Å². The number of rotatable bonds is 9. The molecular weight excluding hydrogens is 436 g/mol. The molecule has 0 fully saturated rings. The number of unbranched alkanes of at least 4 members (excludes halogenated alkanes) is 3. The van der Waals surface area contributed by atoms with Gasteiger partial charge in [-0.3, -0.25) is 4.79 Å². The van der Waals surface area contributed by atoms with Gasteiger partial charge in [-0.15, -0.1) is 0 Å². The Balaban J connectivity index is 2.03. The molecule has 3 rings (SSSR count). The van der Waals surface area contributed by atoms with Crippen molar-refractivity contribution in [2.45, 2.75) is 37.5 Å². The predicted octanol–water partition coefficient (Wildman–Crippen LogP) is 4.92. The first kappa shape index (κ1) is 23.0. The van der Waals surface area contributed by atoms with Gasteiger partial charge < -0.3 is 4.74 Å². The number of ether oxygens (including phenoxy) is 1. The Morgan fingerprint density at radius 3 is 2.45 bits per heavy atom. The van der Waals surface area contributed by atoms with Crippen molar-refractivity contribution < 1.29 is 13.2 Å². The Kier molecular flexibility index (Phi) is 7.51. The molecule has 6 nitrogen and oxygen atoms in total. The maximum absolute atomic E-state index is 13.3.